The van der Waals surface area contributed by atoms with Gasteiger partial charge in [-0.2, -0.15) is 4.68 Å². The van der Waals surface area contributed by atoms with Crippen molar-refractivity contribution in [2.75, 3.05) is 6.61 Å². The Hall–Kier alpha value is -2.74. The number of hydrogen-bond acceptors (Lipinski definition) is 5. The van der Waals surface area contributed by atoms with Crippen molar-refractivity contribution in [3.05, 3.63) is 63.9 Å². The second-order valence-corrected chi connectivity index (χ2v) is 7.12. The number of benzene rings is 2. The second kappa shape index (κ2) is 8.30. The maximum absolute atomic E-state index is 12.3. The van der Waals surface area contributed by atoms with Gasteiger partial charge in [0.15, 0.2) is 12.4 Å². The summed E-state index contributed by atoms with van der Waals surface area (Å²) in [6.07, 6.45) is 0. The SMILES string of the molecule is Cc1cccc(OCC(=O)NC(C)c2nnnn2-c2cccc(Br)c2)c1C. The number of halogens is 1. The predicted molar refractivity (Wildman–Crippen MR) is 105 cm³/mol. The Bertz CT molecular complexity index is 957. The number of nitrogens with zero attached hydrogens (tertiary/aromatic N) is 4. The van der Waals surface area contributed by atoms with Gasteiger partial charge in [0.25, 0.3) is 5.91 Å². The number of carbonyl (C=O) groups is 1. The molecule has 0 saturated carbocycles. The van der Waals surface area contributed by atoms with Gasteiger partial charge in [-0.25, -0.2) is 0 Å². The molecule has 140 valence electrons. The first-order valence-corrected chi connectivity index (χ1v) is 9.27. The van der Waals surface area contributed by atoms with Crippen LogP contribution >= 0.6 is 15.9 Å². The van der Waals surface area contributed by atoms with Gasteiger partial charge in [0.2, 0.25) is 0 Å². The van der Waals surface area contributed by atoms with E-state index in [0.717, 1.165) is 21.3 Å². The van der Waals surface area contributed by atoms with E-state index in [0.29, 0.717) is 11.6 Å². The third-order valence-corrected chi connectivity index (χ3v) is 4.72. The molecule has 27 heavy (non-hydrogen) atoms. The lowest BCUT2D eigenvalue weighted by Crippen LogP contribution is -2.32. The van der Waals surface area contributed by atoms with Crippen LogP contribution in [0.3, 0.4) is 0 Å². The first-order valence-electron chi connectivity index (χ1n) is 8.48. The van der Waals surface area contributed by atoms with Gasteiger partial charge in [-0.15, -0.1) is 5.10 Å². The van der Waals surface area contributed by atoms with Crippen molar-refractivity contribution in [3.63, 3.8) is 0 Å². The third kappa shape index (κ3) is 4.51. The summed E-state index contributed by atoms with van der Waals surface area (Å²) in [5.41, 5.74) is 2.95. The molecule has 0 aliphatic carbocycles. The van der Waals surface area contributed by atoms with Gasteiger partial charge in [-0.3, -0.25) is 4.79 Å². The van der Waals surface area contributed by atoms with Gasteiger partial charge in [-0.1, -0.05) is 34.1 Å². The van der Waals surface area contributed by atoms with Crippen LogP contribution in [0.25, 0.3) is 5.69 Å². The number of nitrogens with one attached hydrogen (secondary N) is 1. The Morgan fingerprint density at radius 2 is 2.04 bits per heavy atom. The molecular formula is C19H20BrN5O2. The minimum absolute atomic E-state index is 0.0763. The average Bonchev–Trinajstić information content (AvgIpc) is 3.13. The van der Waals surface area contributed by atoms with Crippen molar-refractivity contribution in [2.45, 2.75) is 26.8 Å². The van der Waals surface area contributed by atoms with Crippen LogP contribution < -0.4 is 10.1 Å². The molecule has 1 amide bonds. The number of hydrogen-bond donors (Lipinski definition) is 1. The number of amides is 1. The molecule has 1 atom stereocenters. The van der Waals surface area contributed by atoms with Crippen LogP contribution in [0.4, 0.5) is 0 Å². The van der Waals surface area contributed by atoms with Gasteiger partial charge in [0, 0.05) is 4.47 Å². The lowest BCUT2D eigenvalue weighted by Gasteiger charge is -2.15. The summed E-state index contributed by atoms with van der Waals surface area (Å²) < 4.78 is 8.17. The highest BCUT2D eigenvalue weighted by Crippen LogP contribution is 2.21. The number of ether oxygens (including phenoxy) is 1. The Balaban J connectivity index is 1.66. The van der Waals surface area contributed by atoms with Crippen molar-refractivity contribution >= 4 is 21.8 Å². The molecule has 3 rings (SSSR count). The fraction of sp³-hybridized carbons (Fsp3) is 0.263. The van der Waals surface area contributed by atoms with Crippen LogP contribution in [0.2, 0.25) is 0 Å². The van der Waals surface area contributed by atoms with Gasteiger partial charge < -0.3 is 10.1 Å². The van der Waals surface area contributed by atoms with Crippen LogP contribution in [0.15, 0.2) is 46.9 Å². The Morgan fingerprint density at radius 3 is 2.81 bits per heavy atom. The molecule has 0 aliphatic rings. The molecule has 8 heteroatoms. The molecule has 0 fully saturated rings. The molecule has 7 nitrogen and oxygen atoms in total. The lowest BCUT2D eigenvalue weighted by molar-refractivity contribution is -0.123. The minimum Gasteiger partial charge on any atom is -0.483 e. The molecule has 1 unspecified atom stereocenters. The fourth-order valence-corrected chi connectivity index (χ4v) is 3.01. The van der Waals surface area contributed by atoms with E-state index in [9.17, 15) is 4.79 Å². The normalized spacial score (nSPS) is 11.9. The molecule has 1 heterocycles. The Morgan fingerprint density at radius 1 is 1.26 bits per heavy atom. The van der Waals surface area contributed by atoms with Gasteiger partial charge in [-0.05, 0) is 66.6 Å². The van der Waals surface area contributed by atoms with Crippen LogP contribution in [-0.2, 0) is 4.79 Å². The monoisotopic (exact) mass is 429 g/mol. The predicted octanol–water partition coefficient (Wildman–Crippen LogP) is 3.30. The molecule has 0 aliphatic heterocycles. The van der Waals surface area contributed by atoms with Crippen molar-refractivity contribution in [1.82, 2.24) is 25.5 Å². The first-order chi connectivity index (χ1) is 13.0. The van der Waals surface area contributed by atoms with E-state index >= 15 is 0 Å². The van der Waals surface area contributed by atoms with E-state index in [1.165, 1.54) is 0 Å². The summed E-state index contributed by atoms with van der Waals surface area (Å²) in [7, 11) is 0. The molecule has 1 N–H and O–H groups in total. The van der Waals surface area contributed by atoms with E-state index in [2.05, 4.69) is 36.8 Å². The molecule has 0 radical (unpaired) electrons. The van der Waals surface area contributed by atoms with Crippen LogP contribution in [0.5, 0.6) is 5.75 Å². The number of carbonyl (C=O) groups excluding carboxylic acids is 1. The molecule has 3 aromatic rings. The zero-order chi connectivity index (χ0) is 19.4. The largest absolute Gasteiger partial charge is 0.483 e. The number of aryl methyl sites for hydroxylation is 1. The van der Waals surface area contributed by atoms with Gasteiger partial charge in [0.1, 0.15) is 5.75 Å². The van der Waals surface area contributed by atoms with E-state index in [1.54, 1.807) is 4.68 Å². The van der Waals surface area contributed by atoms with E-state index in [-0.39, 0.29) is 18.6 Å². The smallest absolute Gasteiger partial charge is 0.258 e. The lowest BCUT2D eigenvalue weighted by atomic mass is 10.1. The maximum Gasteiger partial charge on any atom is 0.258 e. The van der Waals surface area contributed by atoms with E-state index < -0.39 is 0 Å². The summed E-state index contributed by atoms with van der Waals surface area (Å²) >= 11 is 3.43. The van der Waals surface area contributed by atoms with Crippen molar-refractivity contribution < 1.29 is 9.53 Å². The number of rotatable bonds is 6. The fourth-order valence-electron chi connectivity index (χ4n) is 2.63. The standard InChI is InChI=1S/C19H20BrN5O2/c1-12-6-4-9-17(13(12)2)27-11-18(26)21-14(3)19-22-23-24-25(19)16-8-5-7-15(20)10-16/h4-10,14H,11H2,1-3H3,(H,21,26). The zero-order valence-corrected chi connectivity index (χ0v) is 16.9. The Labute approximate surface area is 165 Å². The van der Waals surface area contributed by atoms with Crippen molar-refractivity contribution in [2.24, 2.45) is 0 Å². The van der Waals surface area contributed by atoms with Crippen molar-refractivity contribution in [1.29, 1.82) is 0 Å². The molecule has 0 bridgehead atoms. The molecule has 1 aromatic heterocycles. The highest BCUT2D eigenvalue weighted by atomic mass is 79.9. The van der Waals surface area contributed by atoms with Crippen LogP contribution in [0, 0.1) is 13.8 Å². The molecule has 2 aromatic carbocycles. The Kier molecular flexibility index (Phi) is 5.85. The van der Waals surface area contributed by atoms with Gasteiger partial charge >= 0.3 is 0 Å². The van der Waals surface area contributed by atoms with Crippen LogP contribution in [-0.4, -0.2) is 32.7 Å². The van der Waals surface area contributed by atoms with Gasteiger partial charge in [0.05, 0.1) is 11.7 Å². The summed E-state index contributed by atoms with van der Waals surface area (Å²) in [5, 5.41) is 14.7. The third-order valence-electron chi connectivity index (χ3n) is 4.22. The summed E-state index contributed by atoms with van der Waals surface area (Å²) in [4.78, 5) is 12.3. The van der Waals surface area contributed by atoms with E-state index in [1.807, 2.05) is 63.2 Å². The summed E-state index contributed by atoms with van der Waals surface area (Å²) in [6.45, 7) is 5.73. The second-order valence-electron chi connectivity index (χ2n) is 6.20. The maximum atomic E-state index is 12.3. The molecular weight excluding hydrogens is 410 g/mol. The van der Waals surface area contributed by atoms with Crippen molar-refractivity contribution in [3.8, 4) is 11.4 Å². The quantitative estimate of drug-likeness (QED) is 0.649. The zero-order valence-electron chi connectivity index (χ0n) is 15.3. The molecule has 0 spiro atoms. The number of tetrazole rings is 1. The van der Waals surface area contributed by atoms with E-state index in [4.69, 9.17) is 4.74 Å². The minimum atomic E-state index is -0.381. The summed E-state index contributed by atoms with van der Waals surface area (Å²) in [6, 6.07) is 13.0. The highest BCUT2D eigenvalue weighted by Gasteiger charge is 2.18. The summed E-state index contributed by atoms with van der Waals surface area (Å²) in [5.74, 6) is 0.997. The average molecular weight is 430 g/mol. The first kappa shape index (κ1) is 19.0. The topological polar surface area (TPSA) is 81.9 Å². The van der Waals surface area contributed by atoms with Crippen LogP contribution in [0.1, 0.15) is 29.9 Å². The number of aromatic nitrogens is 4. The molecule has 0 saturated heterocycles. The highest BCUT2D eigenvalue weighted by molar-refractivity contribution is 9.10.